The number of alkyl halides is 9. The van der Waals surface area contributed by atoms with Gasteiger partial charge in [0, 0.05) is 44.9 Å². The number of benzene rings is 4. The van der Waals surface area contributed by atoms with Crippen LogP contribution in [0.15, 0.2) is 48.5 Å². The van der Waals surface area contributed by atoms with Crippen LogP contribution in [0.1, 0.15) is 195 Å². The Labute approximate surface area is 426 Å². The predicted molar refractivity (Wildman–Crippen MR) is 270 cm³/mol. The predicted octanol–water partition coefficient (Wildman–Crippen LogP) is 16.7. The third-order valence-corrected chi connectivity index (χ3v) is 12.9. The smallest absolute Gasteiger partial charge is 0.389 e. The number of Topliss-reactive ketones (excluding diaryl/α,β-unsaturated/α-hetero) is 1. The van der Waals surface area contributed by atoms with Gasteiger partial charge in [-0.15, -0.1) is 0 Å². The van der Waals surface area contributed by atoms with E-state index in [-0.39, 0.29) is 77.2 Å². The molecule has 0 N–H and O–H groups in total. The van der Waals surface area contributed by atoms with Gasteiger partial charge in [0.1, 0.15) is 29.6 Å². The molecule has 0 fully saturated rings. The molecule has 5 nitrogen and oxygen atoms in total. The molecule has 0 unspecified atom stereocenters. The lowest BCUT2D eigenvalue weighted by Crippen LogP contribution is -2.19. The van der Waals surface area contributed by atoms with Crippen LogP contribution in [0.5, 0.6) is 23.0 Å². The number of hydrogen-bond acceptors (Lipinski definition) is 5. The van der Waals surface area contributed by atoms with Crippen LogP contribution < -0.4 is 18.9 Å². The fraction of sp³-hybridized carbons (Fsp3) is 0.576. The summed E-state index contributed by atoms with van der Waals surface area (Å²) >= 11 is 0. The van der Waals surface area contributed by atoms with Gasteiger partial charge in [-0.3, -0.25) is 4.79 Å². The lowest BCUT2D eigenvalue weighted by atomic mass is 9.79. The van der Waals surface area contributed by atoms with Crippen molar-refractivity contribution in [2.75, 3.05) is 26.4 Å². The van der Waals surface area contributed by atoms with Gasteiger partial charge in [-0.25, -0.2) is 0 Å². The molecule has 1 aliphatic rings. The second-order valence-corrected chi connectivity index (χ2v) is 23.9. The fourth-order valence-electron chi connectivity index (χ4n) is 8.88. The van der Waals surface area contributed by atoms with Crippen LogP contribution in [0.25, 0.3) is 0 Å². The summed E-state index contributed by atoms with van der Waals surface area (Å²) in [5.41, 5.74) is 6.69. The number of fused-ring (bicyclic) bond motifs is 8. The normalized spacial score (nSPS) is 14.0. The van der Waals surface area contributed by atoms with E-state index in [0.29, 0.717) is 67.5 Å². The van der Waals surface area contributed by atoms with E-state index in [1.54, 1.807) is 0 Å². The van der Waals surface area contributed by atoms with Crippen LogP contribution in [-0.4, -0.2) is 50.7 Å². The molecule has 73 heavy (non-hydrogen) atoms. The Morgan fingerprint density at radius 1 is 0.370 bits per heavy atom. The topological polar surface area (TPSA) is 54.0 Å². The first-order chi connectivity index (χ1) is 33.4. The van der Waals surface area contributed by atoms with Crippen molar-refractivity contribution >= 4 is 5.78 Å². The molecule has 0 aliphatic heterocycles. The van der Waals surface area contributed by atoms with Gasteiger partial charge in [0.05, 0.1) is 19.8 Å². The standard InChI is InChI=1S/C59H75F9O5/c1-36(69)35-73-52-43-25-41-31-46(54(5,6)7)29-39(50(41)71-21-15-18-58(63,64)65)23-37-27-45(53(2,3)4)28-38(49(37)70-20-14-17-57(60,61)62)24-40-30-47(55(8,9)10)32-42(51(40)72-22-16-19-59(66,67)68)26-44(52)34-48(33-43)56(11,12)13/h27-34H,14-26,35H2,1-13H3. The lowest BCUT2D eigenvalue weighted by Gasteiger charge is -2.29. The van der Waals surface area contributed by atoms with E-state index in [9.17, 15) is 44.3 Å². The Kier molecular flexibility index (Phi) is 18.2. The van der Waals surface area contributed by atoms with Gasteiger partial charge in [0.2, 0.25) is 0 Å². The maximum Gasteiger partial charge on any atom is 0.389 e. The first-order valence-corrected chi connectivity index (χ1v) is 25.2. The average Bonchev–Trinajstić information content (AvgIpc) is 3.21. The first kappa shape index (κ1) is 59.0. The van der Waals surface area contributed by atoms with Crippen LogP contribution >= 0.6 is 0 Å². The van der Waals surface area contributed by atoms with E-state index in [2.05, 4.69) is 20.8 Å². The van der Waals surface area contributed by atoms with Crippen molar-refractivity contribution in [3.8, 4) is 23.0 Å². The molecular formula is C59H75F9O5. The van der Waals surface area contributed by atoms with Gasteiger partial charge in [0.15, 0.2) is 5.78 Å². The van der Waals surface area contributed by atoms with Gasteiger partial charge in [-0.05, 0) is 115 Å². The number of carbonyl (C=O) groups excluding carboxylic acids is 1. The molecule has 0 heterocycles. The number of rotatable bonds is 15. The monoisotopic (exact) mass is 1030 g/mol. The van der Waals surface area contributed by atoms with Gasteiger partial charge in [0.25, 0.3) is 0 Å². The molecule has 0 aromatic heterocycles. The van der Waals surface area contributed by atoms with Crippen LogP contribution in [0.3, 0.4) is 0 Å². The summed E-state index contributed by atoms with van der Waals surface area (Å²) in [5, 5.41) is 0. The summed E-state index contributed by atoms with van der Waals surface area (Å²) in [6.45, 7) is 24.8. The van der Waals surface area contributed by atoms with E-state index in [0.717, 1.165) is 22.3 Å². The zero-order valence-electron chi connectivity index (χ0n) is 45.0. The molecular weight excluding hydrogens is 960 g/mol. The molecule has 0 saturated carbocycles. The molecule has 0 saturated heterocycles. The molecule has 0 radical (unpaired) electrons. The number of hydrogen-bond donors (Lipinski definition) is 0. The summed E-state index contributed by atoms with van der Waals surface area (Å²) < 4.78 is 149. The van der Waals surface area contributed by atoms with Crippen molar-refractivity contribution in [1.29, 1.82) is 0 Å². The Morgan fingerprint density at radius 3 is 0.726 bits per heavy atom. The Hall–Kier alpha value is -4.88. The molecule has 5 rings (SSSR count). The third-order valence-electron chi connectivity index (χ3n) is 12.9. The van der Waals surface area contributed by atoms with Crippen molar-refractivity contribution in [2.45, 2.75) is 194 Å². The number of ether oxygens (including phenoxy) is 4. The highest BCUT2D eigenvalue weighted by Gasteiger charge is 2.32. The van der Waals surface area contributed by atoms with Crippen molar-refractivity contribution in [3.05, 3.63) is 115 Å². The molecule has 0 atom stereocenters. The van der Waals surface area contributed by atoms with Crippen LogP contribution in [0.4, 0.5) is 39.5 Å². The van der Waals surface area contributed by atoms with Crippen molar-refractivity contribution < 1.29 is 63.3 Å². The zero-order valence-corrected chi connectivity index (χ0v) is 45.0. The largest absolute Gasteiger partial charge is 0.493 e. The Bertz CT molecular complexity index is 2420. The second-order valence-electron chi connectivity index (χ2n) is 23.9. The first-order valence-electron chi connectivity index (χ1n) is 25.2. The molecule has 4 aromatic carbocycles. The Balaban J connectivity index is 1.99. The molecule has 404 valence electrons. The highest BCUT2D eigenvalue weighted by atomic mass is 19.4. The number of ketones is 1. The minimum Gasteiger partial charge on any atom is -0.493 e. The van der Waals surface area contributed by atoms with Crippen LogP contribution in [-0.2, 0) is 52.1 Å². The van der Waals surface area contributed by atoms with Gasteiger partial charge in [-0.1, -0.05) is 132 Å². The molecule has 1 aliphatic carbocycles. The highest BCUT2D eigenvalue weighted by molar-refractivity contribution is 5.77. The second kappa shape index (κ2) is 22.5. The van der Waals surface area contributed by atoms with Crippen LogP contribution in [0, 0.1) is 0 Å². The van der Waals surface area contributed by atoms with Crippen molar-refractivity contribution in [1.82, 2.24) is 0 Å². The summed E-state index contributed by atoms with van der Waals surface area (Å²) in [4.78, 5) is 12.8. The quantitative estimate of drug-likeness (QED) is 0.0772. The Morgan fingerprint density at radius 2 is 0.562 bits per heavy atom. The average molecular weight is 1040 g/mol. The lowest BCUT2D eigenvalue weighted by molar-refractivity contribution is -0.137. The maximum atomic E-state index is 13.6. The SMILES string of the molecule is CC(=O)COc1c2cc(C(C)(C)C)cc1Cc1cc(C(C)(C)C)cc(c1OCCCC(F)(F)F)Cc1cc(C(C)(C)C)cc(c1OCCCC(F)(F)F)Cc1cc(C(C)(C)C)cc(c1OCCCC(F)(F)F)C2. The molecule has 0 spiro atoms. The van der Waals surface area contributed by atoms with E-state index in [4.69, 9.17) is 18.9 Å². The fourth-order valence-corrected chi connectivity index (χ4v) is 8.88. The summed E-state index contributed by atoms with van der Waals surface area (Å²) in [6.07, 6.45) is -17.1. The summed E-state index contributed by atoms with van der Waals surface area (Å²) in [5.74, 6) is 1.17. The number of halogens is 9. The minimum atomic E-state index is -4.44. The van der Waals surface area contributed by atoms with Crippen molar-refractivity contribution in [2.24, 2.45) is 0 Å². The summed E-state index contributed by atoms with van der Waals surface area (Å²) in [6, 6.07) is 15.9. The maximum absolute atomic E-state index is 13.6. The molecule has 0 amide bonds. The molecule has 8 bridgehead atoms. The zero-order chi connectivity index (χ0) is 54.7. The van der Waals surface area contributed by atoms with Gasteiger partial charge in [-0.2, -0.15) is 39.5 Å². The molecule has 14 heteroatoms. The highest BCUT2D eigenvalue weighted by Crippen LogP contribution is 2.45. The van der Waals surface area contributed by atoms with E-state index < -0.39 is 59.5 Å². The minimum absolute atomic E-state index is 0.0894. The van der Waals surface area contributed by atoms with E-state index in [1.807, 2.05) is 111 Å². The van der Waals surface area contributed by atoms with Crippen LogP contribution in [0.2, 0.25) is 0 Å². The summed E-state index contributed by atoms with van der Waals surface area (Å²) in [7, 11) is 0. The molecule has 4 aromatic rings. The third kappa shape index (κ3) is 17.3. The van der Waals surface area contributed by atoms with Gasteiger partial charge >= 0.3 is 18.5 Å². The van der Waals surface area contributed by atoms with Gasteiger partial charge < -0.3 is 18.9 Å². The van der Waals surface area contributed by atoms with E-state index in [1.165, 1.54) is 6.92 Å². The van der Waals surface area contributed by atoms with E-state index >= 15 is 0 Å². The van der Waals surface area contributed by atoms with Crippen molar-refractivity contribution in [3.63, 3.8) is 0 Å². The number of carbonyl (C=O) groups is 1.